The SMILES string of the molecule is CCCOCC(O)C(C)c1ccccc1. The lowest BCUT2D eigenvalue weighted by Crippen LogP contribution is -2.22. The highest BCUT2D eigenvalue weighted by molar-refractivity contribution is 5.19. The lowest BCUT2D eigenvalue weighted by molar-refractivity contribution is 0.0255. The van der Waals surface area contributed by atoms with Crippen LogP contribution in [0.5, 0.6) is 0 Å². The highest BCUT2D eigenvalue weighted by Crippen LogP contribution is 2.18. The summed E-state index contributed by atoms with van der Waals surface area (Å²) in [6.07, 6.45) is 0.575. The average Bonchev–Trinajstić information content (AvgIpc) is 2.29. The van der Waals surface area contributed by atoms with E-state index in [2.05, 4.69) is 6.92 Å². The molecule has 0 saturated heterocycles. The summed E-state index contributed by atoms with van der Waals surface area (Å²) in [5, 5.41) is 9.87. The molecule has 84 valence electrons. The Morgan fingerprint density at radius 1 is 1.27 bits per heavy atom. The summed E-state index contributed by atoms with van der Waals surface area (Å²) in [5.41, 5.74) is 1.16. The van der Waals surface area contributed by atoms with E-state index in [0.29, 0.717) is 6.61 Å². The topological polar surface area (TPSA) is 29.5 Å². The maximum absolute atomic E-state index is 9.87. The Hall–Kier alpha value is -0.860. The molecule has 0 aromatic heterocycles. The van der Waals surface area contributed by atoms with E-state index in [-0.39, 0.29) is 5.92 Å². The fourth-order valence-electron chi connectivity index (χ4n) is 1.47. The van der Waals surface area contributed by atoms with Gasteiger partial charge in [0.1, 0.15) is 0 Å². The standard InChI is InChI=1S/C13H20O2/c1-3-9-15-10-13(14)11(2)12-7-5-4-6-8-12/h4-8,11,13-14H,3,9-10H2,1-2H3. The highest BCUT2D eigenvalue weighted by Gasteiger charge is 2.15. The van der Waals surface area contributed by atoms with Gasteiger partial charge in [0.05, 0.1) is 12.7 Å². The van der Waals surface area contributed by atoms with E-state index in [1.54, 1.807) is 0 Å². The summed E-state index contributed by atoms with van der Waals surface area (Å²) in [5.74, 6) is 0.128. The zero-order valence-electron chi connectivity index (χ0n) is 9.52. The van der Waals surface area contributed by atoms with Crippen molar-refractivity contribution in [2.75, 3.05) is 13.2 Å². The van der Waals surface area contributed by atoms with Crippen LogP contribution in [0.15, 0.2) is 30.3 Å². The van der Waals surface area contributed by atoms with Gasteiger partial charge in [0, 0.05) is 12.5 Å². The van der Waals surface area contributed by atoms with Crippen molar-refractivity contribution in [1.29, 1.82) is 0 Å². The van der Waals surface area contributed by atoms with E-state index in [9.17, 15) is 5.11 Å². The lowest BCUT2D eigenvalue weighted by atomic mass is 9.96. The summed E-state index contributed by atoms with van der Waals surface area (Å²) in [6.45, 7) is 5.23. The van der Waals surface area contributed by atoms with Crippen LogP contribution in [-0.4, -0.2) is 24.4 Å². The van der Waals surface area contributed by atoms with Crippen LogP contribution in [0.2, 0.25) is 0 Å². The zero-order chi connectivity index (χ0) is 11.1. The van der Waals surface area contributed by atoms with Gasteiger partial charge in [-0.3, -0.25) is 0 Å². The predicted octanol–water partition coefficient (Wildman–Crippen LogP) is 2.58. The van der Waals surface area contributed by atoms with E-state index >= 15 is 0 Å². The van der Waals surface area contributed by atoms with Crippen molar-refractivity contribution >= 4 is 0 Å². The summed E-state index contributed by atoms with van der Waals surface area (Å²) < 4.78 is 5.34. The van der Waals surface area contributed by atoms with Crippen molar-refractivity contribution in [3.05, 3.63) is 35.9 Å². The molecule has 1 N–H and O–H groups in total. The molecular weight excluding hydrogens is 188 g/mol. The van der Waals surface area contributed by atoms with Gasteiger partial charge in [-0.2, -0.15) is 0 Å². The van der Waals surface area contributed by atoms with E-state index < -0.39 is 6.10 Å². The van der Waals surface area contributed by atoms with Crippen LogP contribution in [0.4, 0.5) is 0 Å². The second-order valence-corrected chi connectivity index (χ2v) is 3.84. The molecule has 0 bridgehead atoms. The van der Waals surface area contributed by atoms with Crippen molar-refractivity contribution in [1.82, 2.24) is 0 Å². The third-order valence-electron chi connectivity index (χ3n) is 2.54. The molecule has 1 aromatic carbocycles. The highest BCUT2D eigenvalue weighted by atomic mass is 16.5. The van der Waals surface area contributed by atoms with Crippen molar-refractivity contribution in [3.8, 4) is 0 Å². The van der Waals surface area contributed by atoms with E-state index in [0.717, 1.165) is 18.6 Å². The van der Waals surface area contributed by atoms with E-state index in [4.69, 9.17) is 4.74 Å². The Bertz CT molecular complexity index is 258. The number of hydrogen-bond donors (Lipinski definition) is 1. The average molecular weight is 208 g/mol. The van der Waals surface area contributed by atoms with Gasteiger partial charge in [-0.1, -0.05) is 44.2 Å². The summed E-state index contributed by atoms with van der Waals surface area (Å²) >= 11 is 0. The smallest absolute Gasteiger partial charge is 0.0839 e. The quantitative estimate of drug-likeness (QED) is 0.728. The molecule has 2 atom stereocenters. The van der Waals surface area contributed by atoms with Gasteiger partial charge in [0.2, 0.25) is 0 Å². The monoisotopic (exact) mass is 208 g/mol. The van der Waals surface area contributed by atoms with Crippen LogP contribution in [-0.2, 0) is 4.74 Å². The molecule has 0 saturated carbocycles. The fourth-order valence-corrected chi connectivity index (χ4v) is 1.47. The van der Waals surface area contributed by atoms with Gasteiger partial charge in [0.25, 0.3) is 0 Å². The van der Waals surface area contributed by atoms with Crippen LogP contribution >= 0.6 is 0 Å². The molecule has 2 nitrogen and oxygen atoms in total. The molecule has 1 rings (SSSR count). The number of hydrogen-bond acceptors (Lipinski definition) is 2. The van der Waals surface area contributed by atoms with Crippen molar-refractivity contribution < 1.29 is 9.84 Å². The van der Waals surface area contributed by atoms with E-state index in [1.807, 2.05) is 37.3 Å². The van der Waals surface area contributed by atoms with Crippen LogP contribution in [0.25, 0.3) is 0 Å². The minimum absolute atomic E-state index is 0.128. The molecule has 2 heteroatoms. The predicted molar refractivity (Wildman–Crippen MR) is 62.0 cm³/mol. The first kappa shape index (κ1) is 12.2. The summed E-state index contributed by atoms with van der Waals surface area (Å²) in [4.78, 5) is 0. The third-order valence-corrected chi connectivity index (χ3v) is 2.54. The molecule has 0 amide bonds. The Morgan fingerprint density at radius 2 is 1.93 bits per heavy atom. The first-order valence-corrected chi connectivity index (χ1v) is 5.56. The first-order valence-electron chi connectivity index (χ1n) is 5.56. The van der Waals surface area contributed by atoms with Gasteiger partial charge < -0.3 is 9.84 Å². The molecule has 0 aliphatic rings. The maximum atomic E-state index is 9.87. The maximum Gasteiger partial charge on any atom is 0.0839 e. The van der Waals surface area contributed by atoms with Crippen LogP contribution < -0.4 is 0 Å². The van der Waals surface area contributed by atoms with Crippen LogP contribution in [0.3, 0.4) is 0 Å². The molecule has 0 spiro atoms. The van der Waals surface area contributed by atoms with Gasteiger partial charge in [-0.15, -0.1) is 0 Å². The Balaban J connectivity index is 2.42. The molecule has 0 heterocycles. The second kappa shape index (κ2) is 6.59. The molecule has 0 fully saturated rings. The van der Waals surface area contributed by atoms with Crippen molar-refractivity contribution in [2.24, 2.45) is 0 Å². The van der Waals surface area contributed by atoms with E-state index in [1.165, 1.54) is 0 Å². The molecule has 0 radical (unpaired) electrons. The fraction of sp³-hybridized carbons (Fsp3) is 0.538. The minimum Gasteiger partial charge on any atom is -0.390 e. The zero-order valence-corrected chi connectivity index (χ0v) is 9.52. The first-order chi connectivity index (χ1) is 7.25. The molecule has 2 unspecified atom stereocenters. The number of aliphatic hydroxyl groups is 1. The van der Waals surface area contributed by atoms with Gasteiger partial charge in [-0.25, -0.2) is 0 Å². The molecule has 15 heavy (non-hydrogen) atoms. The van der Waals surface area contributed by atoms with Crippen molar-refractivity contribution in [2.45, 2.75) is 32.3 Å². The van der Waals surface area contributed by atoms with Crippen LogP contribution in [0, 0.1) is 0 Å². The molecule has 1 aromatic rings. The minimum atomic E-state index is -0.418. The molecule has 0 aliphatic heterocycles. The van der Waals surface area contributed by atoms with Gasteiger partial charge in [-0.05, 0) is 12.0 Å². The van der Waals surface area contributed by atoms with Crippen LogP contribution in [0.1, 0.15) is 31.7 Å². The lowest BCUT2D eigenvalue weighted by Gasteiger charge is -2.19. The normalized spacial score (nSPS) is 14.9. The largest absolute Gasteiger partial charge is 0.390 e. The Labute approximate surface area is 91.9 Å². The molecular formula is C13H20O2. The number of benzene rings is 1. The summed E-state index contributed by atoms with van der Waals surface area (Å²) in [6, 6.07) is 10.0. The number of rotatable bonds is 6. The third kappa shape index (κ3) is 4.02. The van der Waals surface area contributed by atoms with Gasteiger partial charge >= 0.3 is 0 Å². The molecule has 0 aliphatic carbocycles. The van der Waals surface area contributed by atoms with Crippen molar-refractivity contribution in [3.63, 3.8) is 0 Å². The Kier molecular flexibility index (Phi) is 5.37. The number of ether oxygens (including phenoxy) is 1. The second-order valence-electron chi connectivity index (χ2n) is 3.84. The Morgan fingerprint density at radius 3 is 2.53 bits per heavy atom. The number of aliphatic hydroxyl groups excluding tert-OH is 1. The summed E-state index contributed by atoms with van der Waals surface area (Å²) in [7, 11) is 0. The van der Waals surface area contributed by atoms with Gasteiger partial charge in [0.15, 0.2) is 0 Å².